The molecule has 36 heavy (non-hydrogen) atoms. The van der Waals surface area contributed by atoms with E-state index in [9.17, 15) is 9.90 Å². The maximum absolute atomic E-state index is 13.3. The molecule has 2 unspecified atom stereocenters. The average Bonchev–Trinajstić information content (AvgIpc) is 3.24. The zero-order chi connectivity index (χ0) is 24.6. The van der Waals surface area contributed by atoms with Crippen LogP contribution in [0.1, 0.15) is 42.4 Å². The highest BCUT2D eigenvalue weighted by Crippen LogP contribution is 2.64. The van der Waals surface area contributed by atoms with Crippen LogP contribution >= 0.6 is 0 Å². The van der Waals surface area contributed by atoms with Gasteiger partial charge in [-0.1, -0.05) is 6.07 Å². The largest absolute Gasteiger partial charge is 0.493 e. The molecule has 0 radical (unpaired) electrons. The molecule has 1 amide bonds. The fraction of sp³-hybridized carbons (Fsp3) is 0.552. The fourth-order valence-corrected chi connectivity index (χ4v) is 7.92. The number of furan rings is 1. The second kappa shape index (κ2) is 8.12. The third-order valence-electron chi connectivity index (χ3n) is 9.77. The molecule has 2 aromatic rings. The smallest absolute Gasteiger partial charge is 0.246 e. The van der Waals surface area contributed by atoms with E-state index in [1.807, 2.05) is 24.1 Å². The lowest BCUT2D eigenvalue weighted by atomic mass is 9.51. The van der Waals surface area contributed by atoms with Crippen molar-refractivity contribution in [3.63, 3.8) is 0 Å². The first-order valence-corrected chi connectivity index (χ1v) is 13.3. The normalized spacial score (nSPS) is 35.9. The van der Waals surface area contributed by atoms with Crippen LogP contribution < -0.4 is 9.47 Å². The standard InChI is InChI=1S/C29H34N2O5/c1-30(25(33)8-3-17-9-12-35-16-17)21-6-5-20-22-13-18-4-7-24(34-2)27-26(18)29(20,28(21)36-27)10-11-31(22)15-19-14-23(19)32/h3-4,7-9,12,16,19-23,28,32H,5-6,10-11,13-15H2,1-2H3/t19?,20-,21+,22+,23?,28-,29-/m0/s1. The van der Waals surface area contributed by atoms with Gasteiger partial charge in [-0.15, -0.1) is 0 Å². The monoisotopic (exact) mass is 490 g/mol. The molecule has 190 valence electrons. The Bertz CT molecular complexity index is 1210. The van der Waals surface area contributed by atoms with E-state index in [2.05, 4.69) is 11.0 Å². The summed E-state index contributed by atoms with van der Waals surface area (Å²) in [5.74, 6) is 2.58. The van der Waals surface area contributed by atoms with Crippen LogP contribution in [0.2, 0.25) is 0 Å². The molecule has 7 heteroatoms. The molecule has 2 saturated carbocycles. The Morgan fingerprint density at radius 3 is 2.94 bits per heavy atom. The first-order valence-electron chi connectivity index (χ1n) is 13.3. The van der Waals surface area contributed by atoms with Gasteiger partial charge in [0, 0.05) is 48.2 Å². The fourth-order valence-electron chi connectivity index (χ4n) is 7.92. The third-order valence-corrected chi connectivity index (χ3v) is 9.77. The minimum atomic E-state index is -0.124. The maximum atomic E-state index is 13.3. The minimum absolute atomic E-state index is 0.0109. The molecule has 3 heterocycles. The van der Waals surface area contributed by atoms with E-state index in [0.717, 1.165) is 62.3 Å². The van der Waals surface area contributed by atoms with Gasteiger partial charge in [0.15, 0.2) is 11.5 Å². The van der Waals surface area contributed by atoms with E-state index in [4.69, 9.17) is 13.9 Å². The number of likely N-dealkylation sites (tertiary alicyclic amines) is 1. The van der Waals surface area contributed by atoms with Gasteiger partial charge in [0.1, 0.15) is 6.10 Å². The highest BCUT2D eigenvalue weighted by molar-refractivity contribution is 5.91. The molecule has 1 N–H and O–H groups in total. The Morgan fingerprint density at radius 2 is 2.19 bits per heavy atom. The van der Waals surface area contributed by atoms with Crippen LogP contribution in [0.3, 0.4) is 0 Å². The number of carbonyl (C=O) groups is 1. The molecule has 1 spiro atoms. The topological polar surface area (TPSA) is 75.4 Å². The van der Waals surface area contributed by atoms with Gasteiger partial charge in [-0.2, -0.15) is 0 Å². The summed E-state index contributed by atoms with van der Waals surface area (Å²) < 4.78 is 17.8. The van der Waals surface area contributed by atoms with E-state index in [1.165, 1.54) is 11.1 Å². The van der Waals surface area contributed by atoms with Crippen molar-refractivity contribution in [1.82, 2.24) is 9.80 Å². The Morgan fingerprint density at radius 1 is 1.33 bits per heavy atom. The number of aliphatic hydroxyl groups excluding tert-OH is 1. The molecule has 1 saturated heterocycles. The van der Waals surface area contributed by atoms with Crippen LogP contribution in [0.25, 0.3) is 6.08 Å². The zero-order valence-electron chi connectivity index (χ0n) is 20.9. The van der Waals surface area contributed by atoms with E-state index in [1.54, 1.807) is 31.8 Å². The lowest BCUT2D eigenvalue weighted by molar-refractivity contribution is -0.135. The number of methoxy groups -OCH3 is 1. The molecule has 5 aliphatic rings. The number of carbonyl (C=O) groups excluding carboxylic acids is 1. The second-order valence-electron chi connectivity index (χ2n) is 11.4. The van der Waals surface area contributed by atoms with Crippen LogP contribution in [-0.2, 0) is 16.6 Å². The van der Waals surface area contributed by atoms with E-state index in [-0.39, 0.29) is 29.6 Å². The van der Waals surface area contributed by atoms with Crippen LogP contribution in [0.15, 0.2) is 41.2 Å². The SMILES string of the molecule is COc1ccc2c3c1O[C@H]1[C@H](N(C)C(=O)C=Cc4ccoc4)CC[C@H]4[C@@H](C2)N(CC2CC2O)CC[C@@]341. The molecule has 3 aliphatic carbocycles. The van der Waals surface area contributed by atoms with Crippen molar-refractivity contribution in [1.29, 1.82) is 0 Å². The van der Waals surface area contributed by atoms with Gasteiger partial charge in [0.25, 0.3) is 0 Å². The van der Waals surface area contributed by atoms with Crippen molar-refractivity contribution in [3.05, 3.63) is 53.5 Å². The first kappa shape index (κ1) is 22.4. The van der Waals surface area contributed by atoms with Crippen molar-refractivity contribution in [2.75, 3.05) is 27.2 Å². The number of piperidine rings is 1. The van der Waals surface area contributed by atoms with Crippen molar-refractivity contribution < 1.29 is 23.8 Å². The Hall–Kier alpha value is -2.77. The molecule has 7 nitrogen and oxygen atoms in total. The summed E-state index contributed by atoms with van der Waals surface area (Å²) in [4.78, 5) is 17.8. The molecule has 7 atom stereocenters. The predicted molar refractivity (Wildman–Crippen MR) is 134 cm³/mol. The zero-order valence-corrected chi connectivity index (χ0v) is 20.9. The number of hydrogen-bond acceptors (Lipinski definition) is 6. The van der Waals surface area contributed by atoms with Gasteiger partial charge in [-0.05, 0) is 68.3 Å². The summed E-state index contributed by atoms with van der Waals surface area (Å²) in [5, 5.41) is 10.0. The van der Waals surface area contributed by atoms with Gasteiger partial charge in [0.05, 0.1) is 31.8 Å². The number of aliphatic hydroxyl groups is 1. The lowest BCUT2D eigenvalue weighted by Gasteiger charge is -2.60. The molecule has 1 aromatic heterocycles. The van der Waals surface area contributed by atoms with Crippen molar-refractivity contribution in [2.45, 2.75) is 61.8 Å². The van der Waals surface area contributed by atoms with E-state index in [0.29, 0.717) is 17.9 Å². The molecule has 1 aromatic carbocycles. The maximum Gasteiger partial charge on any atom is 0.246 e. The van der Waals surface area contributed by atoms with Gasteiger partial charge in [-0.25, -0.2) is 0 Å². The molecule has 2 bridgehead atoms. The third kappa shape index (κ3) is 3.15. The number of hydrogen-bond donors (Lipinski definition) is 1. The number of amides is 1. The minimum Gasteiger partial charge on any atom is -0.493 e. The number of ether oxygens (including phenoxy) is 2. The van der Waals surface area contributed by atoms with Crippen molar-refractivity contribution in [3.8, 4) is 11.5 Å². The first-order chi connectivity index (χ1) is 17.5. The Kier molecular flexibility index (Phi) is 5.06. The molecule has 3 fully saturated rings. The average molecular weight is 491 g/mol. The Balaban J connectivity index is 1.24. The quantitative estimate of drug-likeness (QED) is 0.627. The van der Waals surface area contributed by atoms with Crippen LogP contribution in [0.5, 0.6) is 11.5 Å². The summed E-state index contributed by atoms with van der Waals surface area (Å²) in [5.41, 5.74) is 3.48. The Labute approximate surface area is 211 Å². The summed E-state index contributed by atoms with van der Waals surface area (Å²) >= 11 is 0. The molecular formula is C29H34N2O5. The highest BCUT2D eigenvalue weighted by Gasteiger charge is 2.66. The summed E-state index contributed by atoms with van der Waals surface area (Å²) in [6, 6.07) is 6.56. The van der Waals surface area contributed by atoms with Crippen LogP contribution in [0, 0.1) is 11.8 Å². The summed E-state index contributed by atoms with van der Waals surface area (Å²) in [6.07, 6.45) is 11.4. The van der Waals surface area contributed by atoms with Crippen molar-refractivity contribution in [2.24, 2.45) is 11.8 Å². The molecule has 7 rings (SSSR count). The number of likely N-dealkylation sites (N-methyl/N-ethyl adjacent to an activating group) is 1. The van der Waals surface area contributed by atoms with E-state index < -0.39 is 0 Å². The van der Waals surface area contributed by atoms with Gasteiger partial charge in [0.2, 0.25) is 5.91 Å². The van der Waals surface area contributed by atoms with Crippen LogP contribution in [-0.4, -0.2) is 72.4 Å². The highest BCUT2D eigenvalue weighted by atomic mass is 16.5. The second-order valence-corrected chi connectivity index (χ2v) is 11.4. The predicted octanol–water partition coefficient (Wildman–Crippen LogP) is 3.25. The number of nitrogens with zero attached hydrogens (tertiary/aromatic N) is 2. The molecular weight excluding hydrogens is 456 g/mol. The number of benzene rings is 1. The summed E-state index contributed by atoms with van der Waals surface area (Å²) in [6.45, 7) is 1.99. The van der Waals surface area contributed by atoms with Crippen molar-refractivity contribution >= 4 is 12.0 Å². The van der Waals surface area contributed by atoms with Gasteiger partial charge >= 0.3 is 0 Å². The van der Waals surface area contributed by atoms with Gasteiger partial charge < -0.3 is 23.9 Å². The van der Waals surface area contributed by atoms with Crippen LogP contribution in [0.4, 0.5) is 0 Å². The molecule has 2 aliphatic heterocycles. The van der Waals surface area contributed by atoms with Gasteiger partial charge in [-0.3, -0.25) is 9.69 Å². The number of rotatable bonds is 6. The summed E-state index contributed by atoms with van der Waals surface area (Å²) in [7, 11) is 3.62. The lowest BCUT2D eigenvalue weighted by Crippen LogP contribution is -2.69. The van der Waals surface area contributed by atoms with E-state index >= 15 is 0 Å².